The first-order valence-electron chi connectivity index (χ1n) is 8.44. The summed E-state index contributed by atoms with van der Waals surface area (Å²) in [6.07, 6.45) is 5.64. The minimum absolute atomic E-state index is 0.178. The van der Waals surface area contributed by atoms with Gasteiger partial charge in [0.25, 0.3) is 5.91 Å². The largest absolute Gasteiger partial charge is 0.368 e. The second kappa shape index (κ2) is 7.27. The molecule has 2 aliphatic rings. The average Bonchev–Trinajstić information content (AvgIpc) is 3.19. The first-order valence-corrected chi connectivity index (χ1v) is 8.44. The molecule has 0 radical (unpaired) electrons. The predicted octanol–water partition coefficient (Wildman–Crippen LogP) is 1.20. The van der Waals surface area contributed by atoms with Crippen LogP contribution in [0.15, 0.2) is 18.9 Å². The summed E-state index contributed by atoms with van der Waals surface area (Å²) < 4.78 is 7.43. The summed E-state index contributed by atoms with van der Waals surface area (Å²) in [6, 6.07) is 0. The van der Waals surface area contributed by atoms with E-state index >= 15 is 0 Å². The Kier molecular flexibility index (Phi) is 5.13. The summed E-state index contributed by atoms with van der Waals surface area (Å²) in [5.41, 5.74) is 2.33. The van der Waals surface area contributed by atoms with Gasteiger partial charge in [0.05, 0.1) is 12.2 Å². The Bertz CT molecular complexity index is 555. The van der Waals surface area contributed by atoms with E-state index in [1.807, 2.05) is 22.6 Å². The summed E-state index contributed by atoms with van der Waals surface area (Å²) in [4.78, 5) is 16.7. The molecule has 0 aliphatic carbocycles. The van der Waals surface area contributed by atoms with E-state index in [4.69, 9.17) is 4.74 Å². The van der Waals surface area contributed by atoms with Crippen molar-refractivity contribution in [3.63, 3.8) is 0 Å². The number of hydrogen-bond donors (Lipinski definition) is 0. The maximum atomic E-state index is 12.4. The van der Waals surface area contributed by atoms with Crippen LogP contribution in [0.25, 0.3) is 0 Å². The number of amides is 1. The predicted molar refractivity (Wildman–Crippen MR) is 88.0 cm³/mol. The number of aromatic nitrogens is 2. The normalized spacial score (nSPS) is 22.5. The molecular formula is C17H26N4O2. The van der Waals surface area contributed by atoms with Crippen LogP contribution in [0.1, 0.15) is 24.1 Å². The third kappa shape index (κ3) is 3.82. The Hall–Kier alpha value is -1.66. The molecule has 1 aromatic rings. The summed E-state index contributed by atoms with van der Waals surface area (Å²) >= 11 is 0. The number of allylic oxidation sites excluding steroid dienone is 1. The fraction of sp³-hybridized carbons (Fsp3) is 0.647. The van der Waals surface area contributed by atoms with Gasteiger partial charge in [-0.15, -0.1) is 6.58 Å². The zero-order chi connectivity index (χ0) is 16.2. The molecule has 3 rings (SSSR count). The molecule has 23 heavy (non-hydrogen) atoms. The van der Waals surface area contributed by atoms with Gasteiger partial charge < -0.3 is 9.64 Å². The van der Waals surface area contributed by atoms with Gasteiger partial charge in [-0.3, -0.25) is 14.4 Å². The Labute approximate surface area is 137 Å². The molecule has 0 aromatic carbocycles. The van der Waals surface area contributed by atoms with Gasteiger partial charge in [0, 0.05) is 51.1 Å². The third-order valence-corrected chi connectivity index (χ3v) is 4.65. The van der Waals surface area contributed by atoms with Gasteiger partial charge in [-0.1, -0.05) is 6.08 Å². The zero-order valence-corrected chi connectivity index (χ0v) is 13.9. The summed E-state index contributed by atoms with van der Waals surface area (Å²) in [5, 5.41) is 4.50. The van der Waals surface area contributed by atoms with Crippen molar-refractivity contribution in [2.24, 2.45) is 0 Å². The number of hydrogen-bond acceptors (Lipinski definition) is 4. The molecule has 2 aliphatic heterocycles. The number of piperazine rings is 1. The highest BCUT2D eigenvalue weighted by Crippen LogP contribution is 2.17. The number of carbonyl (C=O) groups excluding carboxylic acids is 1. The van der Waals surface area contributed by atoms with Crippen molar-refractivity contribution in [2.45, 2.75) is 39.0 Å². The van der Waals surface area contributed by atoms with Crippen LogP contribution in [0.4, 0.5) is 0 Å². The van der Waals surface area contributed by atoms with Gasteiger partial charge in [0.2, 0.25) is 0 Å². The molecule has 0 N–H and O–H groups in total. The molecule has 3 heterocycles. The standard InChI is InChI=1S/C17H26N4O2/c1-3-6-21-13-15(14(2)18-21)12-19-7-9-20(10-8-19)17(22)16-5-4-11-23-16/h3,13,16H,1,4-12H2,2H3/t16-/m0/s1. The van der Waals surface area contributed by atoms with Crippen molar-refractivity contribution >= 4 is 5.91 Å². The van der Waals surface area contributed by atoms with Crippen molar-refractivity contribution < 1.29 is 9.53 Å². The maximum absolute atomic E-state index is 12.4. The van der Waals surface area contributed by atoms with E-state index < -0.39 is 0 Å². The van der Waals surface area contributed by atoms with Crippen molar-refractivity contribution in [1.82, 2.24) is 19.6 Å². The Balaban J connectivity index is 1.51. The topological polar surface area (TPSA) is 50.6 Å². The molecular weight excluding hydrogens is 292 g/mol. The molecule has 0 unspecified atom stereocenters. The summed E-state index contributed by atoms with van der Waals surface area (Å²) in [7, 11) is 0. The van der Waals surface area contributed by atoms with Crippen LogP contribution in [0.5, 0.6) is 0 Å². The molecule has 0 bridgehead atoms. The fourth-order valence-corrected chi connectivity index (χ4v) is 3.28. The van der Waals surface area contributed by atoms with Crippen LogP contribution in [0, 0.1) is 6.92 Å². The van der Waals surface area contributed by atoms with E-state index in [2.05, 4.69) is 22.8 Å². The zero-order valence-electron chi connectivity index (χ0n) is 13.9. The molecule has 6 nitrogen and oxygen atoms in total. The highest BCUT2D eigenvalue weighted by Gasteiger charge is 2.30. The average molecular weight is 318 g/mol. The maximum Gasteiger partial charge on any atom is 0.251 e. The van der Waals surface area contributed by atoms with E-state index in [1.54, 1.807) is 0 Å². The lowest BCUT2D eigenvalue weighted by Gasteiger charge is -2.35. The quantitative estimate of drug-likeness (QED) is 0.766. The Morgan fingerprint density at radius 3 is 2.87 bits per heavy atom. The lowest BCUT2D eigenvalue weighted by molar-refractivity contribution is -0.142. The van der Waals surface area contributed by atoms with Crippen molar-refractivity contribution in [3.05, 3.63) is 30.1 Å². The van der Waals surface area contributed by atoms with Crippen LogP contribution in [0.3, 0.4) is 0 Å². The van der Waals surface area contributed by atoms with Crippen LogP contribution in [-0.2, 0) is 22.6 Å². The number of ether oxygens (including phenoxy) is 1. The lowest BCUT2D eigenvalue weighted by Crippen LogP contribution is -2.51. The second-order valence-corrected chi connectivity index (χ2v) is 6.35. The third-order valence-electron chi connectivity index (χ3n) is 4.65. The molecule has 0 spiro atoms. The first kappa shape index (κ1) is 16.2. The van der Waals surface area contributed by atoms with Crippen molar-refractivity contribution in [2.75, 3.05) is 32.8 Å². The van der Waals surface area contributed by atoms with Crippen LogP contribution >= 0.6 is 0 Å². The highest BCUT2D eigenvalue weighted by molar-refractivity contribution is 5.81. The van der Waals surface area contributed by atoms with Gasteiger partial charge >= 0.3 is 0 Å². The number of aryl methyl sites for hydroxylation is 1. The second-order valence-electron chi connectivity index (χ2n) is 6.35. The van der Waals surface area contributed by atoms with Crippen molar-refractivity contribution in [1.29, 1.82) is 0 Å². The van der Waals surface area contributed by atoms with Crippen LogP contribution in [-0.4, -0.2) is 64.4 Å². The monoisotopic (exact) mass is 318 g/mol. The van der Waals surface area contributed by atoms with Crippen LogP contribution < -0.4 is 0 Å². The number of nitrogens with zero attached hydrogens (tertiary/aromatic N) is 4. The number of rotatable bonds is 5. The van der Waals surface area contributed by atoms with Crippen LogP contribution in [0.2, 0.25) is 0 Å². The molecule has 1 atom stereocenters. The molecule has 126 valence electrons. The minimum atomic E-state index is -0.194. The van der Waals surface area contributed by atoms with E-state index in [1.165, 1.54) is 5.56 Å². The summed E-state index contributed by atoms with van der Waals surface area (Å²) in [5.74, 6) is 0.178. The highest BCUT2D eigenvalue weighted by atomic mass is 16.5. The van der Waals surface area contributed by atoms with E-state index in [-0.39, 0.29) is 12.0 Å². The molecule has 2 fully saturated rings. The van der Waals surface area contributed by atoms with Gasteiger partial charge in [-0.2, -0.15) is 5.10 Å². The van der Waals surface area contributed by atoms with Gasteiger partial charge in [0.15, 0.2) is 0 Å². The molecule has 1 aromatic heterocycles. The Morgan fingerprint density at radius 1 is 1.43 bits per heavy atom. The molecule has 6 heteroatoms. The number of carbonyl (C=O) groups is 1. The van der Waals surface area contributed by atoms with Gasteiger partial charge in [-0.25, -0.2) is 0 Å². The van der Waals surface area contributed by atoms with E-state index in [0.29, 0.717) is 0 Å². The first-order chi connectivity index (χ1) is 11.2. The molecule has 0 saturated carbocycles. The fourth-order valence-electron chi connectivity index (χ4n) is 3.28. The van der Waals surface area contributed by atoms with E-state index in [9.17, 15) is 4.79 Å². The SMILES string of the molecule is C=CCn1cc(CN2CCN(C(=O)[C@@H]3CCCO3)CC2)c(C)n1. The summed E-state index contributed by atoms with van der Waals surface area (Å²) in [6.45, 7) is 11.6. The minimum Gasteiger partial charge on any atom is -0.368 e. The van der Waals surface area contributed by atoms with Crippen molar-refractivity contribution in [3.8, 4) is 0 Å². The Morgan fingerprint density at radius 2 is 2.22 bits per heavy atom. The van der Waals surface area contributed by atoms with E-state index in [0.717, 1.165) is 64.4 Å². The molecule has 2 saturated heterocycles. The molecule has 1 amide bonds. The lowest BCUT2D eigenvalue weighted by atomic mass is 10.2. The van der Waals surface area contributed by atoms with Gasteiger partial charge in [-0.05, 0) is 19.8 Å². The van der Waals surface area contributed by atoms with Gasteiger partial charge in [0.1, 0.15) is 6.10 Å². The smallest absolute Gasteiger partial charge is 0.251 e.